The van der Waals surface area contributed by atoms with Crippen molar-refractivity contribution in [2.45, 2.75) is 75.5 Å². The van der Waals surface area contributed by atoms with Crippen LogP contribution in [0.1, 0.15) is 63.4 Å². The first kappa shape index (κ1) is 22.8. The van der Waals surface area contributed by atoms with Gasteiger partial charge in [-0.3, -0.25) is 0 Å². The number of hydrogen-bond acceptors (Lipinski definition) is 1. The van der Waals surface area contributed by atoms with Gasteiger partial charge in [0, 0.05) is 11.3 Å². The molecule has 0 radical (unpaired) electrons. The van der Waals surface area contributed by atoms with E-state index in [4.69, 9.17) is 0 Å². The van der Waals surface area contributed by atoms with Gasteiger partial charge in [0.15, 0.2) is 0 Å². The van der Waals surface area contributed by atoms with Gasteiger partial charge in [0.25, 0.3) is 0 Å². The molecule has 0 aromatic heterocycles. The van der Waals surface area contributed by atoms with Gasteiger partial charge < -0.3 is 5.11 Å². The van der Waals surface area contributed by atoms with Gasteiger partial charge in [-0.1, -0.05) is 61.1 Å². The second-order valence-corrected chi connectivity index (χ2v) is 10.6. The van der Waals surface area contributed by atoms with Crippen LogP contribution >= 0.6 is 0 Å². The molecule has 1 aromatic rings. The first-order valence-electron chi connectivity index (χ1n) is 11.7. The van der Waals surface area contributed by atoms with Gasteiger partial charge in [0.05, 0.1) is 0 Å². The van der Waals surface area contributed by atoms with E-state index in [0.29, 0.717) is 6.42 Å². The summed E-state index contributed by atoms with van der Waals surface area (Å²) in [5, 5.41) is 11.2. The fourth-order valence-electron chi connectivity index (χ4n) is 7.43. The zero-order chi connectivity index (χ0) is 23.8. The molecule has 178 valence electrons. The lowest BCUT2D eigenvalue weighted by atomic mass is 9.51. The van der Waals surface area contributed by atoms with E-state index in [0.717, 1.165) is 24.8 Å². The summed E-state index contributed by atoms with van der Waals surface area (Å²) in [5.74, 6) is -6.04. The molecule has 0 spiro atoms. The van der Waals surface area contributed by atoms with Crippen molar-refractivity contribution in [2.75, 3.05) is 0 Å². The summed E-state index contributed by atoms with van der Waals surface area (Å²) >= 11 is 0. The number of allylic oxidation sites excluding steroid dienone is 5. The minimum Gasteiger partial charge on any atom is -0.383 e. The molecule has 4 aliphatic rings. The highest BCUT2D eigenvalue weighted by atomic mass is 19.4. The van der Waals surface area contributed by atoms with Gasteiger partial charge in [-0.25, -0.2) is 0 Å². The number of alkyl halides is 5. The number of benzene rings is 1. The monoisotopic (exact) mass is 464 g/mol. The van der Waals surface area contributed by atoms with Crippen LogP contribution in [0.25, 0.3) is 0 Å². The van der Waals surface area contributed by atoms with E-state index < -0.39 is 35.5 Å². The van der Waals surface area contributed by atoms with Crippen LogP contribution in [-0.4, -0.2) is 22.8 Å². The van der Waals surface area contributed by atoms with Gasteiger partial charge in [-0.2, -0.15) is 22.0 Å². The second kappa shape index (κ2) is 7.27. The van der Waals surface area contributed by atoms with Crippen molar-refractivity contribution in [3.05, 3.63) is 70.8 Å². The number of hydrogen-bond donors (Lipinski definition) is 1. The summed E-state index contributed by atoms with van der Waals surface area (Å²) in [5.41, 5.74) is 1.07. The summed E-state index contributed by atoms with van der Waals surface area (Å²) in [4.78, 5) is 0. The SMILES string of the molecule is C=C1CCC2=C3C(c4ccccc4)CC4(C)C(CCC4(O)C(F)(F)C(F)(F)F)C3CC=C2C1. The Balaban J connectivity index is 1.67. The third-order valence-corrected chi connectivity index (χ3v) is 9.07. The van der Waals surface area contributed by atoms with Crippen LogP contribution in [0, 0.1) is 17.3 Å². The van der Waals surface area contributed by atoms with E-state index in [1.54, 1.807) is 0 Å². The van der Waals surface area contributed by atoms with E-state index in [2.05, 4.69) is 12.7 Å². The molecule has 0 bridgehead atoms. The Hall–Kier alpha value is -1.95. The van der Waals surface area contributed by atoms with Crippen LogP contribution < -0.4 is 0 Å². The number of halogens is 5. The molecule has 0 aliphatic heterocycles. The highest BCUT2D eigenvalue weighted by Gasteiger charge is 2.79. The smallest absolute Gasteiger partial charge is 0.383 e. The van der Waals surface area contributed by atoms with Crippen LogP contribution in [0.2, 0.25) is 0 Å². The van der Waals surface area contributed by atoms with Crippen LogP contribution in [-0.2, 0) is 0 Å². The van der Waals surface area contributed by atoms with Crippen molar-refractivity contribution in [1.82, 2.24) is 0 Å². The van der Waals surface area contributed by atoms with Gasteiger partial charge in [0.1, 0.15) is 5.60 Å². The van der Waals surface area contributed by atoms with Crippen molar-refractivity contribution < 1.29 is 27.1 Å². The Bertz CT molecular complexity index is 1040. The van der Waals surface area contributed by atoms with Crippen LogP contribution in [0.4, 0.5) is 22.0 Å². The molecule has 1 N–H and O–H groups in total. The van der Waals surface area contributed by atoms with Crippen molar-refractivity contribution >= 4 is 0 Å². The lowest BCUT2D eigenvalue weighted by molar-refractivity contribution is -0.362. The summed E-state index contributed by atoms with van der Waals surface area (Å²) < 4.78 is 70.4. The summed E-state index contributed by atoms with van der Waals surface area (Å²) in [6.45, 7) is 5.61. The average molecular weight is 465 g/mol. The standard InChI is InChI=1S/C27H29F5O/c1-16-8-10-19-18(14-16)9-11-20-22-12-13-25(33,26(28,29)27(30,31)32)24(22,2)15-21(23(19)20)17-6-4-3-5-7-17/h3-7,9,20-22,33H,1,8,10-15H2,2H3. The Morgan fingerprint density at radius 3 is 2.42 bits per heavy atom. The normalized spacial score (nSPS) is 36.8. The maximum Gasteiger partial charge on any atom is 0.456 e. The quantitative estimate of drug-likeness (QED) is 0.355. The van der Waals surface area contributed by atoms with Crippen LogP contribution in [0.5, 0.6) is 0 Å². The van der Waals surface area contributed by atoms with Gasteiger partial charge >= 0.3 is 12.1 Å². The Kier molecular flexibility index (Phi) is 5.03. The topological polar surface area (TPSA) is 20.2 Å². The summed E-state index contributed by atoms with van der Waals surface area (Å²) in [6.07, 6.45) is -0.872. The van der Waals surface area contributed by atoms with Gasteiger partial charge in [0.2, 0.25) is 0 Å². The highest BCUT2D eigenvalue weighted by Crippen LogP contribution is 2.70. The lowest BCUT2D eigenvalue weighted by Crippen LogP contribution is -2.65. The molecule has 5 unspecified atom stereocenters. The molecule has 5 atom stereocenters. The van der Waals surface area contributed by atoms with Crippen molar-refractivity contribution in [1.29, 1.82) is 0 Å². The summed E-state index contributed by atoms with van der Waals surface area (Å²) in [6, 6.07) is 9.46. The Morgan fingerprint density at radius 2 is 1.76 bits per heavy atom. The van der Waals surface area contributed by atoms with Crippen molar-refractivity contribution in [2.24, 2.45) is 17.3 Å². The minimum atomic E-state index is -5.80. The highest BCUT2D eigenvalue weighted by molar-refractivity contribution is 5.51. The fourth-order valence-corrected chi connectivity index (χ4v) is 7.43. The first-order chi connectivity index (χ1) is 15.4. The van der Waals surface area contributed by atoms with E-state index >= 15 is 0 Å². The number of rotatable bonds is 2. The Morgan fingerprint density at radius 1 is 1.06 bits per heavy atom. The molecular formula is C27H29F5O. The molecule has 3 fully saturated rings. The fraction of sp³-hybridized carbons (Fsp3) is 0.556. The van der Waals surface area contributed by atoms with E-state index in [1.165, 1.54) is 29.2 Å². The van der Waals surface area contributed by atoms with Crippen LogP contribution in [0.15, 0.2) is 65.3 Å². The second-order valence-electron chi connectivity index (χ2n) is 10.6. The van der Waals surface area contributed by atoms with Crippen molar-refractivity contribution in [3.8, 4) is 0 Å². The minimum absolute atomic E-state index is 0.0768. The third kappa shape index (κ3) is 3.05. The molecule has 1 aromatic carbocycles. The predicted octanol–water partition coefficient (Wildman–Crippen LogP) is 7.50. The average Bonchev–Trinajstić information content (AvgIpc) is 3.04. The van der Waals surface area contributed by atoms with Crippen LogP contribution in [0.3, 0.4) is 0 Å². The number of aliphatic hydroxyl groups is 1. The summed E-state index contributed by atoms with van der Waals surface area (Å²) in [7, 11) is 0. The van der Waals surface area contributed by atoms with Gasteiger partial charge in [-0.15, -0.1) is 0 Å². The zero-order valence-corrected chi connectivity index (χ0v) is 18.7. The third-order valence-electron chi connectivity index (χ3n) is 9.07. The van der Waals surface area contributed by atoms with Crippen molar-refractivity contribution in [3.63, 3.8) is 0 Å². The molecule has 5 rings (SSSR count). The van der Waals surface area contributed by atoms with E-state index in [9.17, 15) is 27.1 Å². The Labute approximate surface area is 191 Å². The zero-order valence-electron chi connectivity index (χ0n) is 18.7. The van der Waals surface area contributed by atoms with Gasteiger partial charge in [-0.05, 0) is 73.5 Å². The molecule has 0 heterocycles. The molecule has 0 amide bonds. The first-order valence-corrected chi connectivity index (χ1v) is 11.7. The number of fused-ring (bicyclic) bond motifs is 4. The van der Waals surface area contributed by atoms with E-state index in [1.807, 2.05) is 30.3 Å². The predicted molar refractivity (Wildman–Crippen MR) is 117 cm³/mol. The maximum atomic E-state index is 14.9. The van der Waals surface area contributed by atoms with E-state index in [-0.39, 0.29) is 24.7 Å². The maximum absolute atomic E-state index is 14.9. The molecule has 4 aliphatic carbocycles. The molecule has 33 heavy (non-hydrogen) atoms. The molecule has 0 saturated heterocycles. The largest absolute Gasteiger partial charge is 0.456 e. The lowest BCUT2D eigenvalue weighted by Gasteiger charge is -2.55. The molecule has 1 nitrogen and oxygen atoms in total. The molecular weight excluding hydrogens is 435 g/mol. The molecule has 6 heteroatoms. The molecule has 3 saturated carbocycles.